The number of fused-ring (bicyclic) bond motifs is 2. The van der Waals surface area contributed by atoms with Crippen LogP contribution in [-0.4, -0.2) is 56.1 Å². The molecule has 310 valence electrons. The van der Waals surface area contributed by atoms with Crippen molar-refractivity contribution in [3.05, 3.63) is 152 Å². The highest BCUT2D eigenvalue weighted by Gasteiger charge is 2.21. The predicted octanol–water partition coefficient (Wildman–Crippen LogP) is 9.28. The number of benzene rings is 4. The minimum Gasteiger partial charge on any atom is -0.465 e. The molecule has 0 saturated carbocycles. The van der Waals surface area contributed by atoms with Crippen molar-refractivity contribution in [2.75, 3.05) is 25.2 Å². The molecular formula is C43H31F4N5O5S4. The first kappa shape index (κ1) is 43.0. The monoisotopic (exact) mass is 901 g/mol. The summed E-state index contributed by atoms with van der Waals surface area (Å²) >= 11 is 4.77. The van der Waals surface area contributed by atoms with Crippen molar-refractivity contribution < 1.29 is 31.9 Å². The van der Waals surface area contributed by atoms with Gasteiger partial charge in [0.2, 0.25) is 5.91 Å². The second-order valence-corrected chi connectivity index (χ2v) is 16.4. The molecule has 1 N–H and O–H groups in total. The molecule has 0 radical (unpaired) electrons. The van der Waals surface area contributed by atoms with Crippen molar-refractivity contribution in [1.82, 2.24) is 24.4 Å². The van der Waals surface area contributed by atoms with Gasteiger partial charge in [0.1, 0.15) is 32.9 Å². The van der Waals surface area contributed by atoms with Crippen LogP contribution in [0.25, 0.3) is 54.1 Å². The molecule has 0 aliphatic carbocycles. The minimum atomic E-state index is -0.436. The molecule has 0 unspecified atom stereocenters. The first-order chi connectivity index (χ1) is 29.4. The Labute approximate surface area is 360 Å². The largest absolute Gasteiger partial charge is 0.465 e. The lowest BCUT2D eigenvalue weighted by Crippen LogP contribution is -2.24. The first-order valence-electron chi connectivity index (χ1n) is 18.2. The molecule has 61 heavy (non-hydrogen) atoms. The normalized spacial score (nSPS) is 11.0. The van der Waals surface area contributed by atoms with Crippen LogP contribution in [0.5, 0.6) is 0 Å². The van der Waals surface area contributed by atoms with Crippen LogP contribution >= 0.6 is 46.2 Å². The molecule has 0 fully saturated rings. The van der Waals surface area contributed by atoms with Gasteiger partial charge in [-0.3, -0.25) is 28.3 Å². The molecule has 8 aromatic rings. The number of nitrogens with one attached hydrogen (secondary N) is 1. The predicted molar refractivity (Wildman–Crippen MR) is 233 cm³/mol. The molecule has 10 nitrogen and oxygen atoms in total. The lowest BCUT2D eigenvalue weighted by molar-refractivity contribution is -0.139. The summed E-state index contributed by atoms with van der Waals surface area (Å²) in [6, 6.07) is 22.7. The van der Waals surface area contributed by atoms with Gasteiger partial charge in [-0.1, -0.05) is 47.8 Å². The average Bonchev–Trinajstić information content (AvgIpc) is 3.89. The second kappa shape index (κ2) is 19.1. The topological polar surface area (TPSA) is 125 Å². The number of carbonyl (C=O) groups is 2. The molecule has 0 atom stereocenters. The van der Waals surface area contributed by atoms with Crippen LogP contribution in [0.15, 0.2) is 128 Å². The van der Waals surface area contributed by atoms with Gasteiger partial charge in [-0.15, -0.1) is 22.7 Å². The van der Waals surface area contributed by atoms with Crippen LogP contribution < -0.4 is 16.4 Å². The van der Waals surface area contributed by atoms with Crippen molar-refractivity contribution in [3.63, 3.8) is 0 Å². The number of halogens is 4. The molecule has 0 aliphatic rings. The van der Waals surface area contributed by atoms with E-state index >= 15 is 0 Å². The van der Waals surface area contributed by atoms with Crippen LogP contribution in [-0.2, 0) is 14.3 Å². The zero-order chi connectivity index (χ0) is 43.2. The maximum atomic E-state index is 13.6. The third kappa shape index (κ3) is 9.62. The standard InChI is InChI=1S/C22H16F2N2O3S2.C21H15F2N3O2S2/c1-2-29-18(27)12-31-22-25-20-19(17(11-30-20)13-3-5-14(23)6-4-13)21(28)26(22)16-9-7-15(24)8-10-16;1-24-17(27)11-30-21-25-19-18(16(10-29-19)12-2-4-13(22)5-3-12)20(28)26(21)15-8-6-14(23)7-9-15/h3-11H,2,12H2,1H3;2-10H,11H2,1H3,(H,24,27). The number of aromatic nitrogens is 4. The van der Waals surface area contributed by atoms with Gasteiger partial charge in [0, 0.05) is 28.9 Å². The van der Waals surface area contributed by atoms with Crippen molar-refractivity contribution in [3.8, 4) is 33.6 Å². The Balaban J connectivity index is 0.000000184. The van der Waals surface area contributed by atoms with Crippen molar-refractivity contribution in [2.24, 2.45) is 0 Å². The van der Waals surface area contributed by atoms with E-state index in [9.17, 15) is 36.7 Å². The summed E-state index contributed by atoms with van der Waals surface area (Å²) in [5, 5.41) is 7.51. The zero-order valence-corrected chi connectivity index (χ0v) is 35.3. The lowest BCUT2D eigenvalue weighted by Gasteiger charge is -2.12. The number of esters is 1. The van der Waals surface area contributed by atoms with E-state index in [1.54, 1.807) is 41.9 Å². The highest BCUT2D eigenvalue weighted by molar-refractivity contribution is 8.00. The number of hydrogen-bond donors (Lipinski definition) is 1. The number of rotatable bonds is 11. The van der Waals surface area contributed by atoms with Crippen LogP contribution in [0.4, 0.5) is 17.6 Å². The SMILES string of the molecule is CCOC(=O)CSc1nc2scc(-c3ccc(F)cc3)c2c(=O)n1-c1ccc(F)cc1.CNC(=O)CSc1nc2scc(-c3ccc(F)cc3)c2c(=O)n1-c1ccc(F)cc1. The summed E-state index contributed by atoms with van der Waals surface area (Å²) in [5.41, 5.74) is 2.81. The summed E-state index contributed by atoms with van der Waals surface area (Å²) in [5.74, 6) is -2.19. The number of ether oxygens (including phenoxy) is 1. The van der Waals surface area contributed by atoms with E-state index in [0.29, 0.717) is 64.4 Å². The van der Waals surface area contributed by atoms with Crippen LogP contribution in [0.2, 0.25) is 0 Å². The van der Waals surface area contributed by atoms with Crippen molar-refractivity contribution in [2.45, 2.75) is 17.2 Å². The molecule has 0 saturated heterocycles. The number of thiophene rings is 2. The highest BCUT2D eigenvalue weighted by Crippen LogP contribution is 2.35. The van der Waals surface area contributed by atoms with E-state index in [1.165, 1.54) is 112 Å². The Bertz CT molecular complexity index is 2990. The number of hydrogen-bond acceptors (Lipinski definition) is 11. The summed E-state index contributed by atoms with van der Waals surface area (Å²) in [6.07, 6.45) is 0. The minimum absolute atomic E-state index is 0.0246. The highest BCUT2D eigenvalue weighted by atomic mass is 32.2. The molecule has 4 heterocycles. The number of thioether (sulfide) groups is 2. The Morgan fingerprint density at radius 3 is 1.38 bits per heavy atom. The Hall–Kier alpha value is -6.08. The van der Waals surface area contributed by atoms with Crippen molar-refractivity contribution >= 4 is 78.5 Å². The third-order valence-electron chi connectivity index (χ3n) is 8.87. The fraction of sp³-hybridized carbons (Fsp3) is 0.116. The zero-order valence-electron chi connectivity index (χ0n) is 32.0. The van der Waals surface area contributed by atoms with Crippen LogP contribution in [0.1, 0.15) is 6.92 Å². The third-order valence-corrected chi connectivity index (χ3v) is 12.5. The molecule has 18 heteroatoms. The van der Waals surface area contributed by atoms with Crippen molar-refractivity contribution in [1.29, 1.82) is 0 Å². The molecule has 0 spiro atoms. The van der Waals surface area contributed by atoms with Gasteiger partial charge in [-0.2, -0.15) is 0 Å². The summed E-state index contributed by atoms with van der Waals surface area (Å²) in [6.45, 7) is 1.96. The van der Waals surface area contributed by atoms with Crippen LogP contribution in [0, 0.1) is 23.3 Å². The Morgan fingerprint density at radius 2 is 1.00 bits per heavy atom. The van der Waals surface area contributed by atoms with E-state index in [-0.39, 0.29) is 46.8 Å². The van der Waals surface area contributed by atoms with E-state index in [0.717, 1.165) is 23.5 Å². The molecule has 1 amide bonds. The van der Waals surface area contributed by atoms with Gasteiger partial charge >= 0.3 is 5.97 Å². The summed E-state index contributed by atoms with van der Waals surface area (Å²) < 4.78 is 61.3. The first-order valence-corrected chi connectivity index (χ1v) is 21.9. The maximum Gasteiger partial charge on any atom is 0.316 e. The number of carbonyl (C=O) groups excluding carboxylic acids is 2. The van der Waals surface area contributed by atoms with Gasteiger partial charge in [-0.25, -0.2) is 27.5 Å². The van der Waals surface area contributed by atoms with Crippen LogP contribution in [0.3, 0.4) is 0 Å². The van der Waals surface area contributed by atoms with E-state index in [1.807, 2.05) is 0 Å². The molecule has 8 rings (SSSR count). The number of nitrogens with zero attached hydrogens (tertiary/aromatic N) is 4. The Kier molecular flexibility index (Phi) is 13.5. The molecule has 0 aliphatic heterocycles. The van der Waals surface area contributed by atoms with E-state index in [2.05, 4.69) is 15.3 Å². The van der Waals surface area contributed by atoms with Gasteiger partial charge in [0.15, 0.2) is 10.3 Å². The molecular weight excluding hydrogens is 871 g/mol. The fourth-order valence-electron chi connectivity index (χ4n) is 5.99. The molecule has 4 aromatic heterocycles. The second-order valence-electron chi connectivity index (χ2n) is 12.8. The number of amides is 1. The molecule has 4 aromatic carbocycles. The fourth-order valence-corrected chi connectivity index (χ4v) is 9.66. The Morgan fingerprint density at radius 1 is 0.623 bits per heavy atom. The molecule has 0 bridgehead atoms. The summed E-state index contributed by atoms with van der Waals surface area (Å²) in [7, 11) is 1.53. The lowest BCUT2D eigenvalue weighted by atomic mass is 10.1. The maximum absolute atomic E-state index is 13.6. The quantitative estimate of drug-likeness (QED) is 0.0586. The van der Waals surface area contributed by atoms with Gasteiger partial charge in [0.25, 0.3) is 11.1 Å². The summed E-state index contributed by atoms with van der Waals surface area (Å²) in [4.78, 5) is 60.8. The van der Waals surface area contributed by atoms with Gasteiger partial charge < -0.3 is 10.1 Å². The van der Waals surface area contributed by atoms with E-state index < -0.39 is 17.6 Å². The average molecular weight is 902 g/mol. The van der Waals surface area contributed by atoms with Gasteiger partial charge in [0.05, 0.1) is 40.3 Å². The smallest absolute Gasteiger partial charge is 0.316 e. The van der Waals surface area contributed by atoms with Gasteiger partial charge in [-0.05, 0) is 90.8 Å². The van der Waals surface area contributed by atoms with E-state index in [4.69, 9.17) is 4.74 Å².